The number of hydrogen-bond acceptors (Lipinski definition) is 5. The highest BCUT2D eigenvalue weighted by Gasteiger charge is 2.35. The number of anilines is 2. The van der Waals surface area contributed by atoms with Crippen molar-refractivity contribution in [1.82, 2.24) is 9.97 Å². The zero-order valence-corrected chi connectivity index (χ0v) is 14.3. The number of methoxy groups -OCH3 is 1. The maximum absolute atomic E-state index is 13.2. The first kappa shape index (κ1) is 17.3. The van der Waals surface area contributed by atoms with Crippen LogP contribution < -0.4 is 14.5 Å². The summed E-state index contributed by atoms with van der Waals surface area (Å²) >= 11 is 0. The van der Waals surface area contributed by atoms with Gasteiger partial charge in [-0.2, -0.15) is 18.2 Å². The van der Waals surface area contributed by atoms with Crippen LogP contribution >= 0.6 is 0 Å². The average molecular weight is 352 g/mol. The molecule has 2 heterocycles. The molecule has 25 heavy (non-hydrogen) atoms. The summed E-state index contributed by atoms with van der Waals surface area (Å²) in [7, 11) is 4.92. The maximum atomic E-state index is 13.2. The Labute approximate surface area is 144 Å². The van der Waals surface area contributed by atoms with Crippen LogP contribution in [0.5, 0.6) is 5.75 Å². The largest absolute Gasteiger partial charge is 0.496 e. The highest BCUT2D eigenvalue weighted by atomic mass is 19.4. The van der Waals surface area contributed by atoms with Crippen LogP contribution in [0, 0.1) is 0 Å². The van der Waals surface area contributed by atoms with Crippen LogP contribution in [-0.4, -0.2) is 37.7 Å². The molecule has 0 radical (unpaired) electrons. The number of benzene rings is 1. The molecule has 0 atom stereocenters. The first-order valence-electron chi connectivity index (χ1n) is 7.83. The molecule has 3 rings (SSSR count). The van der Waals surface area contributed by atoms with Crippen molar-refractivity contribution in [2.24, 2.45) is 0 Å². The monoisotopic (exact) mass is 352 g/mol. The number of ether oxygens (including phenoxy) is 1. The molecular weight excluding hydrogens is 333 g/mol. The molecule has 1 aliphatic heterocycles. The normalized spacial score (nSPS) is 14.2. The van der Waals surface area contributed by atoms with Crippen LogP contribution in [0.2, 0.25) is 0 Å². The zero-order chi connectivity index (χ0) is 18.2. The van der Waals surface area contributed by atoms with Crippen LogP contribution in [0.4, 0.5) is 24.9 Å². The van der Waals surface area contributed by atoms with Gasteiger partial charge < -0.3 is 14.5 Å². The molecule has 0 spiro atoms. The zero-order valence-electron chi connectivity index (χ0n) is 14.3. The molecule has 0 saturated heterocycles. The van der Waals surface area contributed by atoms with Gasteiger partial charge in [-0.25, -0.2) is 4.98 Å². The van der Waals surface area contributed by atoms with E-state index in [0.29, 0.717) is 19.5 Å². The molecule has 8 heteroatoms. The summed E-state index contributed by atoms with van der Waals surface area (Å²) in [5.41, 5.74) is 1.16. The van der Waals surface area contributed by atoms with Gasteiger partial charge in [-0.15, -0.1) is 0 Å². The molecule has 0 saturated carbocycles. The van der Waals surface area contributed by atoms with Crippen molar-refractivity contribution in [1.29, 1.82) is 0 Å². The summed E-state index contributed by atoms with van der Waals surface area (Å²) in [6, 6.07) is 6.67. The van der Waals surface area contributed by atoms with Crippen molar-refractivity contribution in [2.45, 2.75) is 19.1 Å². The second kappa shape index (κ2) is 6.42. The lowest BCUT2D eigenvalue weighted by Gasteiger charge is -2.30. The van der Waals surface area contributed by atoms with Crippen molar-refractivity contribution < 1.29 is 17.9 Å². The number of fused-ring (bicyclic) bond motifs is 1. The van der Waals surface area contributed by atoms with Crippen molar-refractivity contribution in [2.75, 3.05) is 37.5 Å². The van der Waals surface area contributed by atoms with Crippen molar-refractivity contribution >= 4 is 11.8 Å². The number of halogens is 3. The van der Waals surface area contributed by atoms with E-state index in [-0.39, 0.29) is 11.8 Å². The standard InChI is InChI=1S/C17H19F3N4O/c1-23(2)15-9-14(17(18,19)20)21-16(22-15)24-8-7-12-11(10-24)5-4-6-13(12)25-3/h4-6,9H,7-8,10H2,1-3H3. The Morgan fingerprint density at radius 3 is 2.60 bits per heavy atom. The van der Waals surface area contributed by atoms with Crippen LogP contribution in [0.1, 0.15) is 16.8 Å². The molecule has 1 aromatic carbocycles. The van der Waals surface area contributed by atoms with E-state index >= 15 is 0 Å². The van der Waals surface area contributed by atoms with E-state index in [4.69, 9.17) is 4.74 Å². The molecule has 0 bridgehead atoms. The SMILES string of the molecule is COc1cccc2c1CCN(c1nc(N(C)C)cc(C(F)(F)F)n1)C2. The summed E-state index contributed by atoms with van der Waals surface area (Å²) in [6.45, 7) is 0.974. The number of nitrogens with zero attached hydrogens (tertiary/aromatic N) is 4. The van der Waals surface area contributed by atoms with E-state index in [1.54, 1.807) is 31.0 Å². The van der Waals surface area contributed by atoms with E-state index in [1.165, 1.54) is 0 Å². The third-order valence-electron chi connectivity index (χ3n) is 4.18. The third-order valence-corrected chi connectivity index (χ3v) is 4.18. The van der Waals surface area contributed by atoms with Crippen molar-refractivity contribution in [3.8, 4) is 5.75 Å². The number of alkyl halides is 3. The van der Waals surface area contributed by atoms with Crippen molar-refractivity contribution in [3.63, 3.8) is 0 Å². The first-order valence-corrected chi connectivity index (χ1v) is 7.83. The van der Waals surface area contributed by atoms with Crippen molar-refractivity contribution in [3.05, 3.63) is 41.1 Å². The Balaban J connectivity index is 1.98. The second-order valence-corrected chi connectivity index (χ2v) is 6.07. The Morgan fingerprint density at radius 2 is 1.96 bits per heavy atom. The van der Waals surface area contributed by atoms with E-state index in [9.17, 15) is 13.2 Å². The van der Waals surface area contributed by atoms with E-state index in [0.717, 1.165) is 22.9 Å². The molecule has 0 fully saturated rings. The lowest BCUT2D eigenvalue weighted by atomic mass is 9.99. The minimum Gasteiger partial charge on any atom is -0.496 e. The Bertz CT molecular complexity index is 777. The summed E-state index contributed by atoms with van der Waals surface area (Å²) < 4.78 is 44.9. The Kier molecular flexibility index (Phi) is 4.45. The highest BCUT2D eigenvalue weighted by Crippen LogP contribution is 2.33. The fraction of sp³-hybridized carbons (Fsp3) is 0.412. The average Bonchev–Trinajstić information content (AvgIpc) is 2.59. The number of rotatable bonds is 3. The van der Waals surface area contributed by atoms with E-state index in [1.807, 2.05) is 18.2 Å². The van der Waals surface area contributed by atoms with Crippen LogP contribution in [-0.2, 0) is 19.1 Å². The number of aromatic nitrogens is 2. The summed E-state index contributed by atoms with van der Waals surface area (Å²) in [5.74, 6) is 1.12. The summed E-state index contributed by atoms with van der Waals surface area (Å²) in [6.07, 6.45) is -3.85. The minimum absolute atomic E-state index is 0.0898. The van der Waals surface area contributed by atoms with Gasteiger partial charge in [0.05, 0.1) is 7.11 Å². The molecular formula is C17H19F3N4O. The first-order chi connectivity index (χ1) is 11.8. The van der Waals surface area contributed by atoms with Crippen LogP contribution in [0.3, 0.4) is 0 Å². The molecule has 5 nitrogen and oxygen atoms in total. The third kappa shape index (κ3) is 3.47. The van der Waals surface area contributed by atoms with Gasteiger partial charge in [0.25, 0.3) is 0 Å². The van der Waals surface area contributed by atoms with Gasteiger partial charge >= 0.3 is 6.18 Å². The van der Waals surface area contributed by atoms with Crippen LogP contribution in [0.15, 0.2) is 24.3 Å². The van der Waals surface area contributed by atoms with Gasteiger partial charge in [0.2, 0.25) is 5.95 Å². The smallest absolute Gasteiger partial charge is 0.433 e. The fourth-order valence-electron chi connectivity index (χ4n) is 2.87. The Morgan fingerprint density at radius 1 is 1.20 bits per heavy atom. The van der Waals surface area contributed by atoms with Gasteiger partial charge in [-0.3, -0.25) is 0 Å². The van der Waals surface area contributed by atoms with E-state index in [2.05, 4.69) is 9.97 Å². The molecule has 0 amide bonds. The fourth-order valence-corrected chi connectivity index (χ4v) is 2.87. The molecule has 0 aliphatic carbocycles. The van der Waals surface area contributed by atoms with E-state index < -0.39 is 11.9 Å². The predicted octanol–water partition coefficient (Wildman–Crippen LogP) is 3.13. The van der Waals surface area contributed by atoms with Gasteiger partial charge in [0.15, 0.2) is 5.69 Å². The quantitative estimate of drug-likeness (QED) is 0.849. The van der Waals surface area contributed by atoms with Gasteiger partial charge in [0.1, 0.15) is 11.6 Å². The molecule has 1 aromatic heterocycles. The molecule has 2 aromatic rings. The maximum Gasteiger partial charge on any atom is 0.433 e. The highest BCUT2D eigenvalue weighted by molar-refractivity contribution is 5.50. The van der Waals surface area contributed by atoms with Gasteiger partial charge in [-0.05, 0) is 18.1 Å². The van der Waals surface area contributed by atoms with Gasteiger partial charge in [0, 0.05) is 38.8 Å². The predicted molar refractivity (Wildman–Crippen MR) is 89.1 cm³/mol. The lowest BCUT2D eigenvalue weighted by molar-refractivity contribution is -0.141. The lowest BCUT2D eigenvalue weighted by Crippen LogP contribution is -2.33. The molecule has 134 valence electrons. The van der Waals surface area contributed by atoms with Gasteiger partial charge in [-0.1, -0.05) is 12.1 Å². The summed E-state index contributed by atoms with van der Waals surface area (Å²) in [5, 5.41) is 0. The Hall–Kier alpha value is -2.51. The summed E-state index contributed by atoms with van der Waals surface area (Å²) in [4.78, 5) is 11.4. The topological polar surface area (TPSA) is 41.5 Å². The second-order valence-electron chi connectivity index (χ2n) is 6.07. The van der Waals surface area contributed by atoms with Crippen LogP contribution in [0.25, 0.3) is 0 Å². The number of hydrogen-bond donors (Lipinski definition) is 0. The minimum atomic E-state index is -4.51. The molecule has 0 N–H and O–H groups in total. The molecule has 1 aliphatic rings. The molecule has 0 unspecified atom stereocenters.